The normalized spacial score (nSPS) is 10.0. The molecule has 0 atom stereocenters. The first-order chi connectivity index (χ1) is 7.27. The highest BCUT2D eigenvalue weighted by atomic mass is 79.9. The molecule has 0 saturated heterocycles. The molecule has 0 fully saturated rings. The number of ether oxygens (including phenoxy) is 2. The summed E-state index contributed by atoms with van der Waals surface area (Å²) in [5, 5.41) is 0. The van der Waals surface area contributed by atoms with E-state index in [-0.39, 0.29) is 0 Å². The number of hydrogen-bond acceptors (Lipinski definition) is 3. The minimum atomic E-state index is 0.455. The van der Waals surface area contributed by atoms with Crippen molar-refractivity contribution in [1.29, 1.82) is 0 Å². The number of hydrogen-bond donors (Lipinski definition) is 0. The summed E-state index contributed by atoms with van der Waals surface area (Å²) in [6.07, 6.45) is 0.779. The lowest BCUT2D eigenvalue weighted by atomic mass is 10.2. The largest absolute Gasteiger partial charge is 0.490 e. The molecular weight excluding hydrogens is 260 g/mol. The van der Waals surface area contributed by atoms with Crippen LogP contribution in [0.1, 0.15) is 17.3 Å². The first kappa shape index (κ1) is 12.2. The maximum atomic E-state index is 10.7. The van der Waals surface area contributed by atoms with Gasteiger partial charge in [0.1, 0.15) is 12.4 Å². The summed E-state index contributed by atoms with van der Waals surface area (Å²) < 4.78 is 11.4. The van der Waals surface area contributed by atoms with Crippen LogP contribution in [0.5, 0.6) is 5.75 Å². The second kappa shape index (κ2) is 6.58. The van der Waals surface area contributed by atoms with Crippen LogP contribution in [-0.4, -0.2) is 26.1 Å². The summed E-state index contributed by atoms with van der Waals surface area (Å²) in [7, 11) is 0. The summed E-state index contributed by atoms with van der Waals surface area (Å²) in [4.78, 5) is 10.7. The fourth-order valence-corrected chi connectivity index (χ4v) is 1.48. The Morgan fingerprint density at radius 2 is 2.20 bits per heavy atom. The third-order valence-electron chi connectivity index (χ3n) is 1.79. The number of benzene rings is 1. The van der Waals surface area contributed by atoms with Crippen LogP contribution < -0.4 is 4.74 Å². The van der Waals surface area contributed by atoms with Crippen molar-refractivity contribution in [3.05, 3.63) is 28.2 Å². The molecule has 0 bridgehead atoms. The van der Waals surface area contributed by atoms with Crippen molar-refractivity contribution in [3.63, 3.8) is 0 Å². The summed E-state index contributed by atoms with van der Waals surface area (Å²) in [5.74, 6) is 0.591. The zero-order chi connectivity index (χ0) is 11.1. The van der Waals surface area contributed by atoms with E-state index in [1.165, 1.54) is 0 Å². The van der Waals surface area contributed by atoms with Crippen molar-refractivity contribution < 1.29 is 14.3 Å². The van der Waals surface area contributed by atoms with Gasteiger partial charge in [-0.2, -0.15) is 0 Å². The number of rotatable bonds is 6. The third-order valence-corrected chi connectivity index (χ3v) is 2.28. The van der Waals surface area contributed by atoms with Crippen molar-refractivity contribution in [1.82, 2.24) is 0 Å². The van der Waals surface area contributed by atoms with Crippen molar-refractivity contribution in [3.8, 4) is 5.75 Å². The molecule has 4 heteroatoms. The molecule has 0 saturated carbocycles. The first-order valence-corrected chi connectivity index (χ1v) is 5.52. The average molecular weight is 273 g/mol. The molecule has 0 unspecified atom stereocenters. The molecule has 0 aliphatic carbocycles. The first-order valence-electron chi connectivity index (χ1n) is 4.73. The lowest BCUT2D eigenvalue weighted by Gasteiger charge is -2.08. The van der Waals surface area contributed by atoms with Crippen LogP contribution in [0, 0.1) is 0 Å². The van der Waals surface area contributed by atoms with E-state index in [2.05, 4.69) is 15.9 Å². The van der Waals surface area contributed by atoms with Gasteiger partial charge < -0.3 is 9.47 Å². The Morgan fingerprint density at radius 3 is 2.87 bits per heavy atom. The number of carbonyl (C=O) groups is 1. The highest BCUT2D eigenvalue weighted by Crippen LogP contribution is 2.21. The van der Waals surface area contributed by atoms with Crippen molar-refractivity contribution >= 4 is 22.2 Å². The van der Waals surface area contributed by atoms with E-state index in [4.69, 9.17) is 9.47 Å². The fraction of sp³-hybridized carbons (Fsp3) is 0.364. The maximum Gasteiger partial charge on any atom is 0.153 e. The zero-order valence-corrected chi connectivity index (χ0v) is 10.1. The van der Waals surface area contributed by atoms with Crippen LogP contribution >= 0.6 is 15.9 Å². The van der Waals surface area contributed by atoms with Gasteiger partial charge in [0.15, 0.2) is 6.29 Å². The van der Waals surface area contributed by atoms with Crippen LogP contribution in [0.15, 0.2) is 22.7 Å². The minimum Gasteiger partial charge on any atom is -0.490 e. The fourth-order valence-electron chi connectivity index (χ4n) is 1.10. The van der Waals surface area contributed by atoms with E-state index in [0.29, 0.717) is 31.1 Å². The van der Waals surface area contributed by atoms with Crippen LogP contribution in [0.3, 0.4) is 0 Å². The van der Waals surface area contributed by atoms with E-state index < -0.39 is 0 Å². The van der Waals surface area contributed by atoms with Gasteiger partial charge in [0.25, 0.3) is 0 Å². The highest BCUT2D eigenvalue weighted by Gasteiger charge is 2.03. The van der Waals surface area contributed by atoms with Gasteiger partial charge in [0, 0.05) is 11.1 Å². The molecule has 0 N–H and O–H groups in total. The Kier molecular flexibility index (Phi) is 5.36. The quantitative estimate of drug-likeness (QED) is 0.590. The monoisotopic (exact) mass is 272 g/mol. The summed E-state index contributed by atoms with van der Waals surface area (Å²) in [6.45, 7) is 3.59. The second-order valence-corrected chi connectivity index (χ2v) is 3.76. The zero-order valence-electron chi connectivity index (χ0n) is 8.53. The molecule has 1 aromatic carbocycles. The van der Waals surface area contributed by atoms with Gasteiger partial charge >= 0.3 is 0 Å². The van der Waals surface area contributed by atoms with Gasteiger partial charge in [-0.05, 0) is 25.1 Å². The smallest absolute Gasteiger partial charge is 0.153 e. The Hall–Kier alpha value is -0.870. The maximum absolute atomic E-state index is 10.7. The third kappa shape index (κ3) is 4.01. The predicted molar refractivity (Wildman–Crippen MR) is 61.5 cm³/mol. The topological polar surface area (TPSA) is 35.5 Å². The van der Waals surface area contributed by atoms with Gasteiger partial charge in [0.05, 0.1) is 12.2 Å². The molecule has 0 spiro atoms. The second-order valence-electron chi connectivity index (χ2n) is 2.85. The van der Waals surface area contributed by atoms with E-state index in [1.807, 2.05) is 13.0 Å². The van der Waals surface area contributed by atoms with Gasteiger partial charge in [-0.1, -0.05) is 15.9 Å². The van der Waals surface area contributed by atoms with Gasteiger partial charge in [-0.15, -0.1) is 0 Å². The summed E-state index contributed by atoms with van der Waals surface area (Å²) in [5.41, 5.74) is 0.542. The summed E-state index contributed by atoms with van der Waals surface area (Å²) >= 11 is 3.29. The van der Waals surface area contributed by atoms with Crippen LogP contribution in [0.2, 0.25) is 0 Å². The molecule has 1 aromatic rings. The molecule has 0 aliphatic heterocycles. The Morgan fingerprint density at radius 1 is 1.40 bits per heavy atom. The predicted octanol–water partition coefficient (Wildman–Crippen LogP) is 2.68. The number of aldehydes is 1. The standard InChI is InChI=1S/C11H13BrO3/c1-2-14-5-6-15-11-4-3-10(12)7-9(11)8-13/h3-4,7-8H,2,5-6H2,1H3. The van der Waals surface area contributed by atoms with Crippen molar-refractivity contribution in [2.24, 2.45) is 0 Å². The van der Waals surface area contributed by atoms with Crippen LogP contribution in [0.25, 0.3) is 0 Å². The lowest BCUT2D eigenvalue weighted by Crippen LogP contribution is -2.07. The molecule has 0 amide bonds. The number of halogens is 1. The van der Waals surface area contributed by atoms with E-state index in [1.54, 1.807) is 12.1 Å². The van der Waals surface area contributed by atoms with E-state index in [9.17, 15) is 4.79 Å². The van der Waals surface area contributed by atoms with Crippen molar-refractivity contribution in [2.75, 3.05) is 19.8 Å². The van der Waals surface area contributed by atoms with E-state index in [0.717, 1.165) is 10.8 Å². The molecule has 0 heterocycles. The van der Waals surface area contributed by atoms with Crippen molar-refractivity contribution in [2.45, 2.75) is 6.92 Å². The van der Waals surface area contributed by atoms with Crippen LogP contribution in [0.4, 0.5) is 0 Å². The molecule has 0 aromatic heterocycles. The number of carbonyl (C=O) groups excluding carboxylic acids is 1. The molecule has 1 rings (SSSR count). The molecular formula is C11H13BrO3. The molecule has 3 nitrogen and oxygen atoms in total. The van der Waals surface area contributed by atoms with Gasteiger partial charge in [-0.3, -0.25) is 4.79 Å². The molecule has 82 valence electrons. The average Bonchev–Trinajstić information content (AvgIpc) is 2.26. The van der Waals surface area contributed by atoms with E-state index >= 15 is 0 Å². The summed E-state index contributed by atoms with van der Waals surface area (Å²) in [6, 6.07) is 5.33. The molecule has 15 heavy (non-hydrogen) atoms. The molecule has 0 radical (unpaired) electrons. The SMILES string of the molecule is CCOCCOc1ccc(Br)cc1C=O. The minimum absolute atomic E-state index is 0.455. The lowest BCUT2D eigenvalue weighted by molar-refractivity contribution is 0.106. The van der Waals surface area contributed by atoms with Gasteiger partial charge in [-0.25, -0.2) is 0 Å². The Balaban J connectivity index is 2.56. The highest BCUT2D eigenvalue weighted by molar-refractivity contribution is 9.10. The Bertz CT molecular complexity index is 326. The van der Waals surface area contributed by atoms with Gasteiger partial charge in [0.2, 0.25) is 0 Å². The Labute approximate surface area is 97.5 Å². The van der Waals surface area contributed by atoms with Crippen LogP contribution in [-0.2, 0) is 4.74 Å². The molecule has 0 aliphatic rings.